The van der Waals surface area contributed by atoms with Crippen LogP contribution in [0.15, 0.2) is 43.1 Å². The van der Waals surface area contributed by atoms with Crippen LogP contribution in [0.3, 0.4) is 0 Å². The number of benzene rings is 1. The molecule has 0 radical (unpaired) electrons. The maximum atomic E-state index is 12.3. The zero-order chi connectivity index (χ0) is 18.4. The zero-order valence-corrected chi connectivity index (χ0v) is 15.2. The highest BCUT2D eigenvalue weighted by Gasteiger charge is 2.17. The summed E-state index contributed by atoms with van der Waals surface area (Å²) in [7, 11) is 0. The first kappa shape index (κ1) is 18.3. The van der Waals surface area contributed by atoms with Gasteiger partial charge >= 0.3 is 0 Å². The molecule has 1 aromatic carbocycles. The Balaban J connectivity index is 1.53. The highest BCUT2D eigenvalue weighted by Crippen LogP contribution is 2.24. The number of carbonyl (C=O) groups is 2. The first-order valence-electron chi connectivity index (χ1n) is 8.51. The molecule has 26 heavy (non-hydrogen) atoms. The largest absolute Gasteiger partial charge is 0.378 e. The van der Waals surface area contributed by atoms with E-state index in [-0.39, 0.29) is 24.3 Å². The first-order valence-corrected chi connectivity index (χ1v) is 9.32. The standard InChI is InChI=1S/C19H21N3O3S/c1-2-17(23)21-14-6-3-5-13(9-14)10-18(24)22-19-20-12-16(26-19)11-15-7-4-8-25-15/h2-3,5-6,9,12,15H,1,4,7-8,10-11H2,(H,21,23)(H,20,22,24). The quantitative estimate of drug-likeness (QED) is 0.733. The number of thiazole rings is 1. The van der Waals surface area contributed by atoms with Gasteiger partial charge in [0, 0.05) is 29.8 Å². The predicted molar refractivity (Wildman–Crippen MR) is 102 cm³/mol. The van der Waals surface area contributed by atoms with Gasteiger partial charge in [0.1, 0.15) is 0 Å². The van der Waals surface area contributed by atoms with Gasteiger partial charge in [0.15, 0.2) is 5.13 Å². The molecule has 136 valence electrons. The van der Waals surface area contributed by atoms with Crippen molar-refractivity contribution in [2.24, 2.45) is 0 Å². The SMILES string of the molecule is C=CC(=O)Nc1cccc(CC(=O)Nc2ncc(CC3CCCO3)s2)c1. The number of amides is 2. The number of ether oxygens (including phenoxy) is 1. The lowest BCUT2D eigenvalue weighted by atomic mass is 10.1. The topological polar surface area (TPSA) is 80.3 Å². The van der Waals surface area contributed by atoms with Gasteiger partial charge in [-0.1, -0.05) is 18.7 Å². The first-order chi connectivity index (χ1) is 12.6. The molecule has 0 aliphatic carbocycles. The number of aromatic nitrogens is 1. The molecule has 2 N–H and O–H groups in total. The van der Waals surface area contributed by atoms with Crippen molar-refractivity contribution in [1.82, 2.24) is 4.98 Å². The van der Waals surface area contributed by atoms with Crippen LogP contribution in [-0.2, 0) is 27.2 Å². The average Bonchev–Trinajstić information content (AvgIpc) is 3.27. The van der Waals surface area contributed by atoms with Gasteiger partial charge in [-0.25, -0.2) is 4.98 Å². The number of anilines is 2. The normalized spacial score (nSPS) is 16.2. The monoisotopic (exact) mass is 371 g/mol. The van der Waals surface area contributed by atoms with Crippen molar-refractivity contribution in [3.8, 4) is 0 Å². The third kappa shape index (κ3) is 5.24. The van der Waals surface area contributed by atoms with Crippen LogP contribution in [0.2, 0.25) is 0 Å². The van der Waals surface area contributed by atoms with Crippen LogP contribution >= 0.6 is 11.3 Å². The van der Waals surface area contributed by atoms with Crippen molar-refractivity contribution in [3.05, 3.63) is 53.6 Å². The fraction of sp³-hybridized carbons (Fsp3) is 0.316. The number of rotatable bonds is 7. The summed E-state index contributed by atoms with van der Waals surface area (Å²) in [5, 5.41) is 6.11. The molecule has 1 saturated heterocycles. The summed E-state index contributed by atoms with van der Waals surface area (Å²) >= 11 is 1.48. The number of hydrogen-bond donors (Lipinski definition) is 2. The Morgan fingerprint density at radius 2 is 2.27 bits per heavy atom. The number of carbonyl (C=O) groups excluding carboxylic acids is 2. The molecule has 0 spiro atoms. The molecule has 0 bridgehead atoms. The minimum Gasteiger partial charge on any atom is -0.378 e. The minimum atomic E-state index is -0.284. The Bertz CT molecular complexity index is 797. The van der Waals surface area contributed by atoms with Gasteiger partial charge < -0.3 is 15.4 Å². The van der Waals surface area contributed by atoms with E-state index in [0.29, 0.717) is 10.8 Å². The van der Waals surface area contributed by atoms with E-state index in [1.807, 2.05) is 6.07 Å². The lowest BCUT2D eigenvalue weighted by Gasteiger charge is -2.06. The molecule has 0 saturated carbocycles. The van der Waals surface area contributed by atoms with Crippen molar-refractivity contribution in [3.63, 3.8) is 0 Å². The maximum absolute atomic E-state index is 12.3. The van der Waals surface area contributed by atoms with Gasteiger partial charge in [-0.2, -0.15) is 0 Å². The second-order valence-electron chi connectivity index (χ2n) is 6.09. The summed E-state index contributed by atoms with van der Waals surface area (Å²) in [5.41, 5.74) is 1.44. The summed E-state index contributed by atoms with van der Waals surface area (Å²) in [6.45, 7) is 4.25. The van der Waals surface area contributed by atoms with E-state index >= 15 is 0 Å². The van der Waals surface area contributed by atoms with Gasteiger partial charge in [0.2, 0.25) is 11.8 Å². The van der Waals surface area contributed by atoms with Crippen LogP contribution in [0.5, 0.6) is 0 Å². The molecule has 1 aliphatic rings. The smallest absolute Gasteiger partial charge is 0.247 e. The van der Waals surface area contributed by atoms with E-state index in [1.165, 1.54) is 17.4 Å². The van der Waals surface area contributed by atoms with Crippen LogP contribution in [-0.4, -0.2) is 29.5 Å². The fourth-order valence-corrected chi connectivity index (χ4v) is 3.68. The molecule has 1 aromatic heterocycles. The van der Waals surface area contributed by atoms with E-state index in [2.05, 4.69) is 22.2 Å². The van der Waals surface area contributed by atoms with Gasteiger partial charge in [-0.3, -0.25) is 9.59 Å². The lowest BCUT2D eigenvalue weighted by Crippen LogP contribution is -2.14. The number of nitrogens with zero attached hydrogens (tertiary/aromatic N) is 1. The summed E-state index contributed by atoms with van der Waals surface area (Å²) < 4.78 is 5.63. The Labute approximate surface area is 156 Å². The van der Waals surface area contributed by atoms with Crippen molar-refractivity contribution in [2.45, 2.75) is 31.8 Å². The fourth-order valence-electron chi connectivity index (χ4n) is 2.79. The summed E-state index contributed by atoms with van der Waals surface area (Å²) in [6, 6.07) is 7.17. The molecular formula is C19H21N3O3S. The molecule has 2 aromatic rings. The molecule has 1 fully saturated rings. The van der Waals surface area contributed by atoms with Crippen LogP contribution < -0.4 is 10.6 Å². The second-order valence-corrected chi connectivity index (χ2v) is 7.20. The van der Waals surface area contributed by atoms with Crippen LogP contribution in [0.25, 0.3) is 0 Å². The molecular weight excluding hydrogens is 350 g/mol. The lowest BCUT2D eigenvalue weighted by molar-refractivity contribution is -0.115. The molecule has 1 unspecified atom stereocenters. The Morgan fingerprint density at radius 1 is 1.38 bits per heavy atom. The van der Waals surface area contributed by atoms with E-state index in [0.717, 1.165) is 36.3 Å². The third-order valence-electron chi connectivity index (χ3n) is 4.00. The third-order valence-corrected chi connectivity index (χ3v) is 4.93. The Morgan fingerprint density at radius 3 is 3.04 bits per heavy atom. The van der Waals surface area contributed by atoms with Crippen LogP contribution in [0.1, 0.15) is 23.3 Å². The highest BCUT2D eigenvalue weighted by molar-refractivity contribution is 7.15. The van der Waals surface area contributed by atoms with E-state index < -0.39 is 0 Å². The van der Waals surface area contributed by atoms with Gasteiger partial charge in [-0.15, -0.1) is 11.3 Å². The van der Waals surface area contributed by atoms with Crippen molar-refractivity contribution in [2.75, 3.05) is 17.2 Å². The van der Waals surface area contributed by atoms with Gasteiger partial charge in [0.25, 0.3) is 0 Å². The number of hydrogen-bond acceptors (Lipinski definition) is 5. The van der Waals surface area contributed by atoms with E-state index in [1.54, 1.807) is 24.4 Å². The molecule has 2 heterocycles. The summed E-state index contributed by atoms with van der Waals surface area (Å²) in [6.07, 6.45) is 6.52. The Hall–Kier alpha value is -2.51. The van der Waals surface area contributed by atoms with E-state index in [9.17, 15) is 9.59 Å². The average molecular weight is 371 g/mol. The zero-order valence-electron chi connectivity index (χ0n) is 14.4. The molecule has 6 nitrogen and oxygen atoms in total. The summed E-state index contributed by atoms with van der Waals surface area (Å²) in [4.78, 5) is 29.0. The maximum Gasteiger partial charge on any atom is 0.247 e. The second kappa shape index (κ2) is 8.73. The van der Waals surface area contributed by atoms with Gasteiger partial charge in [-0.05, 0) is 36.6 Å². The van der Waals surface area contributed by atoms with Crippen molar-refractivity contribution >= 4 is 34.0 Å². The van der Waals surface area contributed by atoms with Gasteiger partial charge in [0.05, 0.1) is 12.5 Å². The molecule has 2 amide bonds. The van der Waals surface area contributed by atoms with Crippen molar-refractivity contribution in [1.29, 1.82) is 0 Å². The molecule has 1 atom stereocenters. The number of nitrogens with one attached hydrogen (secondary N) is 2. The summed E-state index contributed by atoms with van der Waals surface area (Å²) in [5.74, 6) is -0.427. The molecule has 1 aliphatic heterocycles. The highest BCUT2D eigenvalue weighted by atomic mass is 32.1. The molecule has 7 heteroatoms. The molecule has 3 rings (SSSR count). The Kier molecular flexibility index (Phi) is 6.14. The predicted octanol–water partition coefficient (Wildman–Crippen LogP) is 3.17. The minimum absolute atomic E-state index is 0.143. The van der Waals surface area contributed by atoms with Crippen molar-refractivity contribution < 1.29 is 14.3 Å². The van der Waals surface area contributed by atoms with E-state index in [4.69, 9.17) is 4.74 Å². The van der Waals surface area contributed by atoms with Crippen LogP contribution in [0.4, 0.5) is 10.8 Å². The van der Waals surface area contributed by atoms with Crippen LogP contribution in [0, 0.1) is 0 Å².